The molecular weight excluding hydrogens is 224 g/mol. The summed E-state index contributed by atoms with van der Waals surface area (Å²) in [5.74, 6) is -1.53. The van der Waals surface area contributed by atoms with Crippen LogP contribution in [0.1, 0.15) is 5.56 Å². The Hall–Kier alpha value is -2.65. The Morgan fingerprint density at radius 1 is 1.06 bits per heavy atom. The van der Waals surface area contributed by atoms with Gasteiger partial charge in [-0.25, -0.2) is 0 Å². The molecule has 0 aliphatic carbocycles. The fraction of sp³-hybridized carbons (Fsp3) is 0.133. The average molecular weight is 234 g/mol. The molecule has 0 bridgehead atoms. The van der Waals surface area contributed by atoms with Crippen molar-refractivity contribution in [1.29, 1.82) is 10.5 Å². The lowest BCUT2D eigenvalue weighted by molar-refractivity contribution is -0.119. The number of carbonyl (C=O) groups is 1. The Kier molecular flexibility index (Phi) is 3.36. The summed E-state index contributed by atoms with van der Waals surface area (Å²) < 4.78 is 0. The molecule has 0 N–H and O–H groups in total. The van der Waals surface area contributed by atoms with Gasteiger partial charge in [-0.2, -0.15) is 10.5 Å². The third kappa shape index (κ3) is 2.21. The van der Waals surface area contributed by atoms with E-state index in [4.69, 9.17) is 10.5 Å². The molecule has 0 unspecified atom stereocenters. The van der Waals surface area contributed by atoms with Gasteiger partial charge in [0.05, 0.1) is 12.1 Å². The van der Waals surface area contributed by atoms with Crippen molar-refractivity contribution in [2.45, 2.75) is 6.42 Å². The highest BCUT2D eigenvalue weighted by molar-refractivity contribution is 5.93. The number of benzene rings is 2. The number of nitriles is 2. The predicted octanol–water partition coefficient (Wildman–Crippen LogP) is 2.61. The summed E-state index contributed by atoms with van der Waals surface area (Å²) in [6, 6.07) is 16.9. The van der Waals surface area contributed by atoms with Gasteiger partial charge in [-0.3, -0.25) is 4.79 Å². The van der Waals surface area contributed by atoms with Gasteiger partial charge in [-0.1, -0.05) is 42.5 Å². The summed E-state index contributed by atoms with van der Waals surface area (Å²) in [6.45, 7) is 0. The van der Waals surface area contributed by atoms with E-state index in [1.54, 1.807) is 12.1 Å². The van der Waals surface area contributed by atoms with Gasteiger partial charge in [0.15, 0.2) is 11.7 Å². The van der Waals surface area contributed by atoms with Crippen molar-refractivity contribution in [3.05, 3.63) is 48.0 Å². The van der Waals surface area contributed by atoms with Crippen LogP contribution < -0.4 is 0 Å². The molecule has 2 aromatic rings. The Morgan fingerprint density at radius 2 is 1.72 bits per heavy atom. The number of nitrogens with zero attached hydrogens (tertiary/aromatic N) is 2. The van der Waals surface area contributed by atoms with Gasteiger partial charge in [0.2, 0.25) is 0 Å². The molecule has 0 radical (unpaired) electrons. The Balaban J connectivity index is 2.36. The van der Waals surface area contributed by atoms with E-state index in [0.717, 1.165) is 16.3 Å². The smallest absolute Gasteiger partial charge is 0.191 e. The standard InChI is InChI=1S/C15H10N2O/c16-9-13(10-17)15(18)8-12-6-3-5-11-4-1-2-7-14(11)12/h1-7,13H,8H2. The highest BCUT2D eigenvalue weighted by atomic mass is 16.1. The molecule has 3 nitrogen and oxygen atoms in total. The molecule has 0 fully saturated rings. The summed E-state index contributed by atoms with van der Waals surface area (Å²) in [5, 5.41) is 19.4. The first-order valence-electron chi connectivity index (χ1n) is 5.55. The molecule has 0 heterocycles. The van der Waals surface area contributed by atoms with Crippen LogP contribution in [0.4, 0.5) is 0 Å². The third-order valence-corrected chi connectivity index (χ3v) is 2.82. The average Bonchev–Trinajstić information content (AvgIpc) is 2.40. The molecule has 0 atom stereocenters. The Morgan fingerprint density at radius 3 is 2.44 bits per heavy atom. The van der Waals surface area contributed by atoms with Crippen LogP contribution in [0, 0.1) is 28.6 Å². The number of rotatable bonds is 3. The minimum Gasteiger partial charge on any atom is -0.297 e. The zero-order valence-corrected chi connectivity index (χ0v) is 9.63. The highest BCUT2D eigenvalue weighted by Crippen LogP contribution is 2.19. The molecule has 0 amide bonds. The van der Waals surface area contributed by atoms with Crippen molar-refractivity contribution in [3.63, 3.8) is 0 Å². The summed E-state index contributed by atoms with van der Waals surface area (Å²) in [5.41, 5.74) is 0.855. The zero-order chi connectivity index (χ0) is 13.0. The van der Waals surface area contributed by atoms with Crippen LogP contribution in [0.5, 0.6) is 0 Å². The predicted molar refractivity (Wildman–Crippen MR) is 67.4 cm³/mol. The molecule has 0 saturated carbocycles. The molecular formula is C15H10N2O. The van der Waals surface area contributed by atoms with Gasteiger partial charge in [-0.15, -0.1) is 0 Å². The number of hydrogen-bond acceptors (Lipinski definition) is 3. The summed E-state index contributed by atoms with van der Waals surface area (Å²) in [4.78, 5) is 11.8. The van der Waals surface area contributed by atoms with Gasteiger partial charge < -0.3 is 0 Å². The SMILES string of the molecule is N#CC(C#N)C(=O)Cc1cccc2ccccc12. The van der Waals surface area contributed by atoms with Crippen LogP contribution in [0.2, 0.25) is 0 Å². The lowest BCUT2D eigenvalue weighted by atomic mass is 9.96. The maximum atomic E-state index is 11.8. The van der Waals surface area contributed by atoms with Crippen LogP contribution >= 0.6 is 0 Å². The van der Waals surface area contributed by atoms with Gasteiger partial charge in [0, 0.05) is 6.42 Å². The first-order chi connectivity index (χ1) is 8.76. The molecule has 0 aliphatic rings. The molecule has 3 heteroatoms. The van der Waals surface area contributed by atoms with E-state index in [-0.39, 0.29) is 12.2 Å². The van der Waals surface area contributed by atoms with Crippen molar-refractivity contribution >= 4 is 16.6 Å². The topological polar surface area (TPSA) is 64.7 Å². The van der Waals surface area contributed by atoms with Gasteiger partial charge >= 0.3 is 0 Å². The second-order valence-corrected chi connectivity index (χ2v) is 3.97. The Labute approximate surface area is 105 Å². The molecule has 0 aliphatic heterocycles. The van der Waals surface area contributed by atoms with E-state index >= 15 is 0 Å². The van der Waals surface area contributed by atoms with Crippen molar-refractivity contribution in [3.8, 4) is 12.1 Å². The number of fused-ring (bicyclic) bond motifs is 1. The first kappa shape index (κ1) is 11.8. The van der Waals surface area contributed by atoms with E-state index in [9.17, 15) is 4.79 Å². The third-order valence-electron chi connectivity index (χ3n) is 2.82. The number of Topliss-reactive ketones (excluding diaryl/α,β-unsaturated/α-hetero) is 1. The van der Waals surface area contributed by atoms with Crippen molar-refractivity contribution < 1.29 is 4.79 Å². The van der Waals surface area contributed by atoms with Crippen LogP contribution in [-0.2, 0) is 11.2 Å². The maximum Gasteiger partial charge on any atom is 0.191 e. The molecule has 86 valence electrons. The number of ketones is 1. The van der Waals surface area contributed by atoms with Crippen molar-refractivity contribution in [1.82, 2.24) is 0 Å². The molecule has 0 aromatic heterocycles. The van der Waals surface area contributed by atoms with E-state index in [2.05, 4.69) is 0 Å². The summed E-state index contributed by atoms with van der Waals surface area (Å²) in [6.07, 6.45) is 0.118. The van der Waals surface area contributed by atoms with Crippen molar-refractivity contribution in [2.75, 3.05) is 0 Å². The van der Waals surface area contributed by atoms with Crippen LogP contribution in [0.15, 0.2) is 42.5 Å². The lowest BCUT2D eigenvalue weighted by Crippen LogP contribution is -2.13. The zero-order valence-electron chi connectivity index (χ0n) is 9.63. The van der Waals surface area contributed by atoms with E-state index in [1.807, 2.05) is 42.5 Å². The normalized spacial score (nSPS) is 9.94. The Bertz CT molecular complexity index is 657. The number of carbonyl (C=O) groups excluding carboxylic acids is 1. The summed E-state index contributed by atoms with van der Waals surface area (Å²) >= 11 is 0. The lowest BCUT2D eigenvalue weighted by Gasteiger charge is -2.05. The fourth-order valence-corrected chi connectivity index (χ4v) is 1.91. The summed E-state index contributed by atoms with van der Waals surface area (Å²) in [7, 11) is 0. The monoisotopic (exact) mass is 234 g/mol. The molecule has 18 heavy (non-hydrogen) atoms. The van der Waals surface area contributed by atoms with E-state index in [0.29, 0.717) is 0 Å². The van der Waals surface area contributed by atoms with E-state index in [1.165, 1.54) is 0 Å². The molecule has 2 rings (SSSR count). The minimum absolute atomic E-state index is 0.118. The van der Waals surface area contributed by atoms with Crippen molar-refractivity contribution in [2.24, 2.45) is 5.92 Å². The van der Waals surface area contributed by atoms with Gasteiger partial charge in [0.25, 0.3) is 0 Å². The second-order valence-electron chi connectivity index (χ2n) is 3.97. The van der Waals surface area contributed by atoms with Crippen LogP contribution in [0.25, 0.3) is 10.8 Å². The molecule has 0 spiro atoms. The highest BCUT2D eigenvalue weighted by Gasteiger charge is 2.17. The van der Waals surface area contributed by atoms with Crippen LogP contribution in [0.3, 0.4) is 0 Å². The van der Waals surface area contributed by atoms with Gasteiger partial charge in [-0.05, 0) is 16.3 Å². The van der Waals surface area contributed by atoms with Gasteiger partial charge in [0.1, 0.15) is 0 Å². The van der Waals surface area contributed by atoms with E-state index < -0.39 is 5.92 Å². The quantitative estimate of drug-likeness (QED) is 0.819. The number of hydrogen-bond donors (Lipinski definition) is 0. The second kappa shape index (κ2) is 5.12. The van der Waals surface area contributed by atoms with Crippen LogP contribution in [-0.4, -0.2) is 5.78 Å². The molecule has 2 aromatic carbocycles. The molecule has 0 saturated heterocycles. The first-order valence-corrected chi connectivity index (χ1v) is 5.55. The maximum absolute atomic E-state index is 11.8. The fourth-order valence-electron chi connectivity index (χ4n) is 1.91. The minimum atomic E-state index is -1.18. The largest absolute Gasteiger partial charge is 0.297 e.